The molecule has 0 aliphatic carbocycles. The molecule has 0 spiro atoms. The van der Waals surface area contributed by atoms with Crippen LogP contribution in [0.1, 0.15) is 16.8 Å². The van der Waals surface area contributed by atoms with Gasteiger partial charge in [-0.1, -0.05) is 17.7 Å². The smallest absolute Gasteiger partial charge is 0.140 e. The van der Waals surface area contributed by atoms with Gasteiger partial charge in [0.2, 0.25) is 0 Å². The van der Waals surface area contributed by atoms with Crippen molar-refractivity contribution in [3.63, 3.8) is 0 Å². The van der Waals surface area contributed by atoms with Crippen LogP contribution in [-0.4, -0.2) is 4.98 Å². The van der Waals surface area contributed by atoms with E-state index in [1.54, 1.807) is 12.3 Å². The van der Waals surface area contributed by atoms with Crippen molar-refractivity contribution in [2.24, 2.45) is 0 Å². The molecule has 1 aromatic heterocycles. The van der Waals surface area contributed by atoms with E-state index in [0.717, 1.165) is 11.4 Å². The lowest BCUT2D eigenvalue weighted by molar-refractivity contribution is 1.26. The zero-order valence-corrected chi connectivity index (χ0v) is 9.86. The minimum absolute atomic E-state index is 0.427. The average molecular weight is 223 g/mol. The van der Waals surface area contributed by atoms with Crippen LogP contribution in [0.4, 0.5) is 11.4 Å². The molecule has 0 saturated heterocycles. The number of nitrogens with zero attached hydrogens (tertiary/aromatic N) is 2. The van der Waals surface area contributed by atoms with Gasteiger partial charge in [-0.25, -0.2) is 4.98 Å². The largest absolute Gasteiger partial charge is 0.354 e. The van der Waals surface area contributed by atoms with Crippen LogP contribution >= 0.6 is 0 Å². The van der Waals surface area contributed by atoms with Gasteiger partial charge in [0, 0.05) is 5.69 Å². The van der Waals surface area contributed by atoms with Crippen LogP contribution in [0.3, 0.4) is 0 Å². The number of rotatable bonds is 2. The van der Waals surface area contributed by atoms with Gasteiger partial charge < -0.3 is 5.32 Å². The third kappa shape index (κ3) is 2.61. The Hall–Kier alpha value is -2.34. The lowest BCUT2D eigenvalue weighted by Gasteiger charge is -2.09. The van der Waals surface area contributed by atoms with Crippen LogP contribution in [0.2, 0.25) is 0 Å². The molecule has 0 aliphatic rings. The molecule has 0 bridgehead atoms. The number of hydrogen-bond acceptors (Lipinski definition) is 3. The highest BCUT2D eigenvalue weighted by Crippen LogP contribution is 2.20. The number of anilines is 2. The van der Waals surface area contributed by atoms with E-state index >= 15 is 0 Å². The summed E-state index contributed by atoms with van der Waals surface area (Å²) in [5, 5.41) is 11.9. The highest BCUT2D eigenvalue weighted by molar-refractivity contribution is 5.62. The van der Waals surface area contributed by atoms with Crippen molar-refractivity contribution < 1.29 is 0 Å². The van der Waals surface area contributed by atoms with Gasteiger partial charge >= 0.3 is 0 Å². The second-order valence-electron chi connectivity index (χ2n) is 3.99. The third-order valence-electron chi connectivity index (χ3n) is 2.54. The van der Waals surface area contributed by atoms with Gasteiger partial charge in [-0.15, -0.1) is 0 Å². The summed E-state index contributed by atoms with van der Waals surface area (Å²) in [6.07, 6.45) is 1.66. The highest BCUT2D eigenvalue weighted by Gasteiger charge is 1.99. The van der Waals surface area contributed by atoms with E-state index in [2.05, 4.69) is 36.3 Å². The summed E-state index contributed by atoms with van der Waals surface area (Å²) in [7, 11) is 0. The predicted molar refractivity (Wildman–Crippen MR) is 68.2 cm³/mol. The fourth-order valence-corrected chi connectivity index (χ4v) is 1.64. The van der Waals surface area contributed by atoms with Gasteiger partial charge in [0.15, 0.2) is 0 Å². The topological polar surface area (TPSA) is 48.7 Å². The van der Waals surface area contributed by atoms with Crippen LogP contribution < -0.4 is 5.32 Å². The average Bonchev–Trinajstić information content (AvgIpc) is 2.34. The van der Waals surface area contributed by atoms with Gasteiger partial charge in [0.05, 0.1) is 11.9 Å². The first kappa shape index (κ1) is 11.2. The van der Waals surface area contributed by atoms with Gasteiger partial charge in [0.25, 0.3) is 0 Å². The molecule has 2 aromatic rings. The van der Waals surface area contributed by atoms with Crippen molar-refractivity contribution in [2.75, 3.05) is 5.32 Å². The van der Waals surface area contributed by atoms with Crippen LogP contribution in [0.5, 0.6) is 0 Å². The number of hydrogen-bond donors (Lipinski definition) is 1. The molecule has 3 heteroatoms. The standard InChI is InChI=1S/C14H13N3/c1-10-3-6-14(11(2)7-10)17-13-5-4-12(8-15)16-9-13/h3-7,9,17H,1-2H3. The molecule has 0 fully saturated rings. The Morgan fingerprint density at radius 3 is 2.59 bits per heavy atom. The first-order chi connectivity index (χ1) is 8.19. The molecule has 0 atom stereocenters. The van der Waals surface area contributed by atoms with Crippen molar-refractivity contribution in [1.29, 1.82) is 5.26 Å². The van der Waals surface area contributed by atoms with Gasteiger partial charge in [-0.3, -0.25) is 0 Å². The molecule has 0 saturated carbocycles. The van der Waals surface area contributed by atoms with E-state index in [1.165, 1.54) is 11.1 Å². The Morgan fingerprint density at radius 1 is 1.18 bits per heavy atom. The molecule has 2 rings (SSSR count). The highest BCUT2D eigenvalue weighted by atomic mass is 14.9. The van der Waals surface area contributed by atoms with E-state index in [-0.39, 0.29) is 0 Å². The van der Waals surface area contributed by atoms with Crippen molar-refractivity contribution in [3.8, 4) is 6.07 Å². The molecular formula is C14H13N3. The van der Waals surface area contributed by atoms with Crippen molar-refractivity contribution >= 4 is 11.4 Å². The van der Waals surface area contributed by atoms with Crippen LogP contribution in [-0.2, 0) is 0 Å². The Morgan fingerprint density at radius 2 is 2.00 bits per heavy atom. The summed E-state index contributed by atoms with van der Waals surface area (Å²) < 4.78 is 0. The summed E-state index contributed by atoms with van der Waals surface area (Å²) in [6, 6.07) is 11.8. The lowest BCUT2D eigenvalue weighted by Crippen LogP contribution is -1.94. The van der Waals surface area contributed by atoms with Crippen LogP contribution in [0, 0.1) is 25.2 Å². The minimum Gasteiger partial charge on any atom is -0.354 e. The maximum atomic E-state index is 8.66. The zero-order chi connectivity index (χ0) is 12.3. The molecule has 84 valence electrons. The van der Waals surface area contributed by atoms with Crippen LogP contribution in [0.15, 0.2) is 36.5 Å². The number of nitriles is 1. The summed E-state index contributed by atoms with van der Waals surface area (Å²) in [5.41, 5.74) is 4.80. The van der Waals surface area contributed by atoms with E-state index in [9.17, 15) is 0 Å². The molecular weight excluding hydrogens is 210 g/mol. The first-order valence-electron chi connectivity index (χ1n) is 5.39. The normalized spacial score (nSPS) is 9.71. The Kier molecular flexibility index (Phi) is 3.06. The molecule has 0 aliphatic heterocycles. The second-order valence-corrected chi connectivity index (χ2v) is 3.99. The van der Waals surface area contributed by atoms with Gasteiger partial charge in [0.1, 0.15) is 11.8 Å². The molecule has 1 N–H and O–H groups in total. The van der Waals surface area contributed by atoms with Crippen molar-refractivity contribution in [1.82, 2.24) is 4.98 Å². The third-order valence-corrected chi connectivity index (χ3v) is 2.54. The number of benzene rings is 1. The Balaban J connectivity index is 2.23. The SMILES string of the molecule is Cc1ccc(Nc2ccc(C#N)nc2)c(C)c1. The van der Waals surface area contributed by atoms with Crippen molar-refractivity contribution in [2.45, 2.75) is 13.8 Å². The monoisotopic (exact) mass is 223 g/mol. The van der Waals surface area contributed by atoms with Crippen LogP contribution in [0.25, 0.3) is 0 Å². The molecule has 0 radical (unpaired) electrons. The predicted octanol–water partition coefficient (Wildman–Crippen LogP) is 3.31. The lowest BCUT2D eigenvalue weighted by atomic mass is 10.1. The molecule has 0 amide bonds. The molecule has 17 heavy (non-hydrogen) atoms. The number of nitrogens with one attached hydrogen (secondary N) is 1. The van der Waals surface area contributed by atoms with E-state index in [0.29, 0.717) is 5.69 Å². The maximum absolute atomic E-state index is 8.66. The Bertz CT molecular complexity index is 565. The zero-order valence-electron chi connectivity index (χ0n) is 9.86. The summed E-state index contributed by atoms with van der Waals surface area (Å²) in [4.78, 5) is 4.02. The molecule has 1 heterocycles. The number of aryl methyl sites for hydroxylation is 2. The summed E-state index contributed by atoms with van der Waals surface area (Å²) in [6.45, 7) is 4.13. The molecule has 0 unspecified atom stereocenters. The first-order valence-corrected chi connectivity index (χ1v) is 5.39. The molecule has 3 nitrogen and oxygen atoms in total. The fourth-order valence-electron chi connectivity index (χ4n) is 1.64. The van der Waals surface area contributed by atoms with E-state index in [1.807, 2.05) is 18.2 Å². The van der Waals surface area contributed by atoms with Gasteiger partial charge in [-0.05, 0) is 37.6 Å². The van der Waals surface area contributed by atoms with E-state index in [4.69, 9.17) is 5.26 Å². The molecule has 1 aromatic carbocycles. The van der Waals surface area contributed by atoms with E-state index < -0.39 is 0 Å². The maximum Gasteiger partial charge on any atom is 0.140 e. The summed E-state index contributed by atoms with van der Waals surface area (Å²) in [5.74, 6) is 0. The number of aromatic nitrogens is 1. The quantitative estimate of drug-likeness (QED) is 0.849. The second kappa shape index (κ2) is 4.67. The van der Waals surface area contributed by atoms with Crippen molar-refractivity contribution in [3.05, 3.63) is 53.3 Å². The van der Waals surface area contributed by atoms with Gasteiger partial charge in [-0.2, -0.15) is 5.26 Å². The fraction of sp³-hybridized carbons (Fsp3) is 0.143. The number of pyridine rings is 1. The summed E-state index contributed by atoms with van der Waals surface area (Å²) >= 11 is 0. The minimum atomic E-state index is 0.427. The Labute approximate surface area is 101 Å².